The zero-order valence-corrected chi connectivity index (χ0v) is 30.4. The summed E-state index contributed by atoms with van der Waals surface area (Å²) in [5, 5.41) is 29.2. The van der Waals surface area contributed by atoms with Crippen LogP contribution >= 0.6 is 0 Å². The van der Waals surface area contributed by atoms with Crippen molar-refractivity contribution < 1.29 is 53.1 Å². The van der Waals surface area contributed by atoms with E-state index in [4.69, 9.17) is 24.1 Å². The summed E-state index contributed by atoms with van der Waals surface area (Å²) in [7, 11) is 0. The third-order valence-electron chi connectivity index (χ3n) is 7.55. The zero-order chi connectivity index (χ0) is 36.9. The number of unbranched alkanes of at least 4 members (excludes halogenated alkanes) is 10. The highest BCUT2D eigenvalue weighted by Gasteiger charge is 2.13. The van der Waals surface area contributed by atoms with E-state index in [2.05, 4.69) is 28.2 Å². The van der Waals surface area contributed by atoms with Crippen LogP contribution in [0.4, 0.5) is 0 Å². The Morgan fingerprint density at radius 3 is 1.48 bits per heavy atom. The van der Waals surface area contributed by atoms with E-state index in [9.17, 15) is 29.1 Å². The molecule has 4 amide bonds. The van der Waals surface area contributed by atoms with E-state index in [1.807, 2.05) is 0 Å². The number of amides is 4. The molecule has 0 saturated heterocycles. The molecule has 0 saturated carbocycles. The maximum absolute atomic E-state index is 12.2. The van der Waals surface area contributed by atoms with Crippen LogP contribution in [0.15, 0.2) is 0 Å². The number of nitrogens with one attached hydrogen (secondary N) is 4. The number of aliphatic carboxylic acids is 1. The lowest BCUT2D eigenvalue weighted by Crippen LogP contribution is -2.38. The maximum Gasteiger partial charge on any atom is 0.303 e. The summed E-state index contributed by atoms with van der Waals surface area (Å²) in [6.07, 6.45) is 13.3. The van der Waals surface area contributed by atoms with Gasteiger partial charge >= 0.3 is 5.97 Å². The number of aliphatic hydroxyl groups excluding tert-OH is 1. The Bertz CT molecular complexity index is 880. The highest BCUT2D eigenvalue weighted by Crippen LogP contribution is 2.12. The fourth-order valence-corrected chi connectivity index (χ4v) is 4.68. The lowest BCUT2D eigenvalue weighted by Gasteiger charge is -2.16. The minimum atomic E-state index is -0.727. The lowest BCUT2D eigenvalue weighted by molar-refractivity contribution is -0.137. The van der Waals surface area contributed by atoms with E-state index in [1.165, 1.54) is 0 Å². The predicted octanol–water partition coefficient (Wildman–Crippen LogP) is 2.22. The predicted molar refractivity (Wildman–Crippen MR) is 189 cm³/mol. The Kier molecular flexibility index (Phi) is 33.9. The number of carbonyl (C=O) groups is 5. The number of aliphatic hydroxyl groups is 1. The minimum absolute atomic E-state index is 0.000210. The van der Waals surface area contributed by atoms with Crippen LogP contribution in [-0.4, -0.2) is 125 Å². The summed E-state index contributed by atoms with van der Waals surface area (Å²) in [6, 6.07) is -0.470. The van der Waals surface area contributed by atoms with Gasteiger partial charge in [-0.25, -0.2) is 0 Å². The molecule has 0 heterocycles. The molecule has 0 aromatic heterocycles. The molecule has 0 aliphatic rings. The highest BCUT2D eigenvalue weighted by molar-refractivity contribution is 5.78. The van der Waals surface area contributed by atoms with Crippen LogP contribution in [0.2, 0.25) is 0 Å². The van der Waals surface area contributed by atoms with Crippen LogP contribution in [0.3, 0.4) is 0 Å². The number of carboxylic acids is 1. The summed E-state index contributed by atoms with van der Waals surface area (Å²) in [5.74, 6) is -1.47. The molecule has 0 fully saturated rings. The van der Waals surface area contributed by atoms with Crippen LogP contribution in [0.5, 0.6) is 0 Å². The van der Waals surface area contributed by atoms with Crippen molar-refractivity contribution in [2.24, 2.45) is 0 Å². The molecular formula is C35H66N4O11. The van der Waals surface area contributed by atoms with E-state index in [1.54, 1.807) is 0 Å². The molecule has 292 valence electrons. The van der Waals surface area contributed by atoms with E-state index in [-0.39, 0.29) is 82.7 Å². The Morgan fingerprint density at radius 2 is 0.980 bits per heavy atom. The summed E-state index contributed by atoms with van der Waals surface area (Å²) >= 11 is 0. The van der Waals surface area contributed by atoms with Gasteiger partial charge in [0.25, 0.3) is 0 Å². The molecule has 0 aromatic rings. The standard InChI is InChI=1S/C35H66N4O11/c1-2-3-18-36-33(43)28-49-25-24-48-22-20-38-34(44)29-50-26-23-47-21-19-37-31(41)17-16-30(27-40)39-32(42)14-12-10-8-6-4-5-7-9-11-13-15-35(45)46/h30,40H,2-29H2,1H3,(H,36,43)(H,37,41)(H,38,44)(H,39,42)(H,45,46). The van der Waals surface area contributed by atoms with Gasteiger partial charge in [0.1, 0.15) is 13.2 Å². The molecule has 15 heteroatoms. The fraction of sp³-hybridized carbons (Fsp3) is 0.857. The summed E-state index contributed by atoms with van der Waals surface area (Å²) in [6.45, 7) is 4.67. The highest BCUT2D eigenvalue weighted by atomic mass is 16.5. The minimum Gasteiger partial charge on any atom is -0.481 e. The molecule has 0 aromatic carbocycles. The second-order valence-electron chi connectivity index (χ2n) is 12.1. The van der Waals surface area contributed by atoms with E-state index in [0.717, 1.165) is 77.0 Å². The first-order chi connectivity index (χ1) is 24.3. The molecule has 0 rings (SSSR count). The molecule has 15 nitrogen and oxygen atoms in total. The number of rotatable bonds is 37. The first-order valence-corrected chi connectivity index (χ1v) is 18.5. The average molecular weight is 719 g/mol. The van der Waals surface area contributed by atoms with Crippen molar-refractivity contribution in [3.8, 4) is 0 Å². The van der Waals surface area contributed by atoms with Crippen molar-refractivity contribution in [2.45, 2.75) is 116 Å². The smallest absolute Gasteiger partial charge is 0.303 e. The Balaban J connectivity index is 3.57. The average Bonchev–Trinajstić information content (AvgIpc) is 3.09. The largest absolute Gasteiger partial charge is 0.481 e. The molecular weight excluding hydrogens is 652 g/mol. The van der Waals surface area contributed by atoms with Gasteiger partial charge in [0, 0.05) is 38.9 Å². The first kappa shape index (κ1) is 47.1. The SMILES string of the molecule is CCCCNC(=O)COCCOCCNC(=O)COCCOCCNC(=O)CCC(CO)NC(=O)CCCCCCCCCCCCC(=O)O. The Labute approximate surface area is 298 Å². The van der Waals surface area contributed by atoms with Crippen molar-refractivity contribution in [3.63, 3.8) is 0 Å². The molecule has 0 bridgehead atoms. The molecule has 50 heavy (non-hydrogen) atoms. The van der Waals surface area contributed by atoms with Gasteiger partial charge < -0.3 is 50.4 Å². The van der Waals surface area contributed by atoms with Gasteiger partial charge in [0.05, 0.1) is 52.3 Å². The first-order valence-electron chi connectivity index (χ1n) is 18.5. The molecule has 6 N–H and O–H groups in total. The van der Waals surface area contributed by atoms with E-state index < -0.39 is 12.0 Å². The molecule has 1 atom stereocenters. The Morgan fingerprint density at radius 1 is 0.520 bits per heavy atom. The van der Waals surface area contributed by atoms with Gasteiger partial charge in [-0.15, -0.1) is 0 Å². The quantitative estimate of drug-likeness (QED) is 0.0513. The zero-order valence-electron chi connectivity index (χ0n) is 30.4. The van der Waals surface area contributed by atoms with Gasteiger partial charge in [-0.1, -0.05) is 64.7 Å². The number of carbonyl (C=O) groups excluding carboxylic acids is 4. The van der Waals surface area contributed by atoms with Gasteiger partial charge in [-0.3, -0.25) is 24.0 Å². The fourth-order valence-electron chi connectivity index (χ4n) is 4.68. The van der Waals surface area contributed by atoms with E-state index in [0.29, 0.717) is 45.7 Å². The van der Waals surface area contributed by atoms with Gasteiger partial charge in [-0.05, 0) is 25.7 Å². The molecule has 0 aliphatic heterocycles. The molecule has 0 spiro atoms. The summed E-state index contributed by atoms with van der Waals surface area (Å²) < 4.78 is 21.3. The van der Waals surface area contributed by atoms with Gasteiger partial charge in [0.2, 0.25) is 23.6 Å². The third-order valence-corrected chi connectivity index (χ3v) is 7.55. The van der Waals surface area contributed by atoms with Crippen LogP contribution in [0, 0.1) is 0 Å². The van der Waals surface area contributed by atoms with Crippen LogP contribution in [-0.2, 0) is 42.9 Å². The molecule has 0 radical (unpaired) electrons. The monoisotopic (exact) mass is 718 g/mol. The van der Waals surface area contributed by atoms with Gasteiger partial charge in [-0.2, -0.15) is 0 Å². The van der Waals surface area contributed by atoms with Crippen molar-refractivity contribution in [3.05, 3.63) is 0 Å². The topological polar surface area (TPSA) is 211 Å². The maximum atomic E-state index is 12.2. The lowest BCUT2D eigenvalue weighted by atomic mass is 10.0. The molecule has 1 unspecified atom stereocenters. The van der Waals surface area contributed by atoms with E-state index >= 15 is 0 Å². The number of carboxylic acid groups (broad SMARTS) is 1. The van der Waals surface area contributed by atoms with Crippen molar-refractivity contribution in [2.75, 3.05) is 79.1 Å². The number of hydrogen-bond acceptors (Lipinski definition) is 10. The van der Waals surface area contributed by atoms with Crippen molar-refractivity contribution in [1.29, 1.82) is 0 Å². The van der Waals surface area contributed by atoms with Crippen molar-refractivity contribution >= 4 is 29.6 Å². The summed E-state index contributed by atoms with van der Waals surface area (Å²) in [5.41, 5.74) is 0. The number of ether oxygens (including phenoxy) is 4. The molecule has 0 aliphatic carbocycles. The number of hydrogen-bond donors (Lipinski definition) is 6. The van der Waals surface area contributed by atoms with Crippen molar-refractivity contribution in [1.82, 2.24) is 21.3 Å². The van der Waals surface area contributed by atoms with Crippen LogP contribution in [0.25, 0.3) is 0 Å². The second kappa shape index (κ2) is 36.0. The van der Waals surface area contributed by atoms with Gasteiger partial charge in [0.15, 0.2) is 0 Å². The second-order valence-corrected chi connectivity index (χ2v) is 12.1. The normalized spacial score (nSPS) is 11.6. The van der Waals surface area contributed by atoms with Crippen LogP contribution in [0.1, 0.15) is 110 Å². The Hall–Kier alpha value is -2.85. The van der Waals surface area contributed by atoms with Crippen LogP contribution < -0.4 is 21.3 Å². The third kappa shape index (κ3) is 35.0. The summed E-state index contributed by atoms with van der Waals surface area (Å²) in [4.78, 5) is 58.1.